The van der Waals surface area contributed by atoms with E-state index in [1.54, 1.807) is 31.8 Å². The van der Waals surface area contributed by atoms with Crippen molar-refractivity contribution in [3.8, 4) is 27.7 Å². The van der Waals surface area contributed by atoms with Crippen molar-refractivity contribution in [1.82, 2.24) is 0 Å². The van der Waals surface area contributed by atoms with Gasteiger partial charge in [-0.25, -0.2) is 4.21 Å². The van der Waals surface area contributed by atoms with Crippen LogP contribution in [0.1, 0.15) is 42.3 Å². The lowest BCUT2D eigenvalue weighted by atomic mass is 10.1. The normalized spacial score (nSPS) is 12.7. The Morgan fingerprint density at radius 2 is 1.73 bits per heavy atom. The van der Waals surface area contributed by atoms with Gasteiger partial charge in [0.1, 0.15) is 23.3 Å². The third-order valence-electron chi connectivity index (χ3n) is 5.09. The highest BCUT2D eigenvalue weighted by molar-refractivity contribution is 7.85. The molecule has 2 aromatic carbocycles. The smallest absolute Gasteiger partial charge is 0.161 e. The molecule has 0 aliphatic heterocycles. The minimum atomic E-state index is -1.29. The maximum Gasteiger partial charge on any atom is 0.161 e. The molecule has 0 saturated carbocycles. The van der Waals surface area contributed by atoms with Crippen LogP contribution in [-0.4, -0.2) is 29.4 Å². The van der Waals surface area contributed by atoms with E-state index in [9.17, 15) is 4.21 Å². The first-order chi connectivity index (χ1) is 15.6. The van der Waals surface area contributed by atoms with E-state index in [-0.39, 0.29) is 4.75 Å². The number of hydrogen-bond donors (Lipinski definition) is 0. The number of methoxy groups -OCH3 is 2. The van der Waals surface area contributed by atoms with Crippen LogP contribution in [0.15, 0.2) is 46.9 Å². The molecule has 0 spiro atoms. The van der Waals surface area contributed by atoms with Crippen LogP contribution < -0.4 is 14.2 Å². The molecule has 1 atom stereocenters. The second kappa shape index (κ2) is 10.5. The predicted molar refractivity (Wildman–Crippen MR) is 139 cm³/mol. The van der Waals surface area contributed by atoms with Gasteiger partial charge in [-0.2, -0.15) is 4.40 Å². The first kappa shape index (κ1) is 25.0. The third kappa shape index (κ3) is 6.03. The van der Waals surface area contributed by atoms with Crippen LogP contribution in [0.3, 0.4) is 0 Å². The van der Waals surface area contributed by atoms with E-state index >= 15 is 0 Å². The molecule has 176 valence electrons. The molecule has 0 N–H and O–H groups in total. The fourth-order valence-corrected chi connectivity index (χ4v) is 4.85. The Morgan fingerprint density at radius 1 is 1.00 bits per heavy atom. The van der Waals surface area contributed by atoms with Crippen molar-refractivity contribution < 1.29 is 18.4 Å². The van der Waals surface area contributed by atoms with E-state index in [0.717, 1.165) is 37.8 Å². The van der Waals surface area contributed by atoms with E-state index < -0.39 is 11.0 Å². The third-order valence-corrected chi connectivity index (χ3v) is 7.52. The highest BCUT2D eigenvalue weighted by Crippen LogP contribution is 2.39. The molecule has 1 heterocycles. The van der Waals surface area contributed by atoms with Crippen molar-refractivity contribution in [2.75, 3.05) is 14.2 Å². The molecule has 1 aromatic heterocycles. The summed E-state index contributed by atoms with van der Waals surface area (Å²) >= 11 is 1.68. The van der Waals surface area contributed by atoms with Crippen molar-refractivity contribution in [3.63, 3.8) is 0 Å². The quantitative estimate of drug-likeness (QED) is 0.341. The molecule has 0 aliphatic carbocycles. The number of hydrogen-bond acceptors (Lipinski definition) is 5. The average Bonchev–Trinajstić information content (AvgIpc) is 3.14. The fraction of sp³-hybridized carbons (Fsp3) is 0.346. The van der Waals surface area contributed by atoms with Crippen LogP contribution in [0.25, 0.3) is 10.4 Å². The van der Waals surface area contributed by atoms with E-state index in [4.69, 9.17) is 14.2 Å². The maximum atomic E-state index is 12.3. The zero-order valence-electron chi connectivity index (χ0n) is 20.2. The molecular weight excluding hydrogens is 454 g/mol. The molecule has 0 radical (unpaired) electrons. The van der Waals surface area contributed by atoms with Gasteiger partial charge >= 0.3 is 0 Å². The fourth-order valence-electron chi connectivity index (χ4n) is 3.22. The molecule has 3 rings (SSSR count). The molecule has 0 fully saturated rings. The number of aryl methyl sites for hydroxylation is 2. The molecule has 5 nitrogen and oxygen atoms in total. The Hall–Kier alpha value is -2.64. The number of rotatable bonds is 8. The number of ether oxygens (including phenoxy) is 3. The lowest BCUT2D eigenvalue weighted by molar-refractivity contribution is 0.305. The summed E-state index contributed by atoms with van der Waals surface area (Å²) in [7, 11) is 1.95. The summed E-state index contributed by atoms with van der Waals surface area (Å²) in [6, 6.07) is 13.9. The van der Waals surface area contributed by atoms with Gasteiger partial charge in [-0.3, -0.25) is 0 Å². The van der Waals surface area contributed by atoms with Gasteiger partial charge in [-0.15, -0.1) is 11.3 Å². The van der Waals surface area contributed by atoms with Gasteiger partial charge in [-0.1, -0.05) is 18.2 Å². The Bertz CT molecular complexity index is 1180. The first-order valence-corrected chi connectivity index (χ1v) is 12.6. The first-order valence-electron chi connectivity index (χ1n) is 10.6. The molecule has 0 aliphatic rings. The Kier molecular flexibility index (Phi) is 7.97. The molecule has 0 saturated heterocycles. The monoisotopic (exact) mass is 485 g/mol. The minimum Gasteiger partial charge on any atom is -0.493 e. The van der Waals surface area contributed by atoms with Crippen LogP contribution in [0, 0.1) is 13.8 Å². The largest absolute Gasteiger partial charge is 0.493 e. The van der Waals surface area contributed by atoms with Crippen LogP contribution >= 0.6 is 11.3 Å². The number of nitrogens with zero attached hydrogens (tertiary/aromatic N) is 1. The van der Waals surface area contributed by atoms with E-state index in [2.05, 4.69) is 30.4 Å². The van der Waals surface area contributed by atoms with E-state index in [1.165, 1.54) is 0 Å². The summed E-state index contributed by atoms with van der Waals surface area (Å²) in [6.07, 6.45) is 1.72. The van der Waals surface area contributed by atoms with E-state index in [1.807, 2.05) is 51.1 Å². The molecule has 33 heavy (non-hydrogen) atoms. The number of thiophene rings is 1. The van der Waals surface area contributed by atoms with Crippen LogP contribution in [-0.2, 0) is 17.6 Å². The van der Waals surface area contributed by atoms with Crippen molar-refractivity contribution in [2.24, 2.45) is 4.40 Å². The highest BCUT2D eigenvalue weighted by atomic mass is 32.2. The zero-order chi connectivity index (χ0) is 24.2. The molecule has 3 aromatic rings. The maximum absolute atomic E-state index is 12.3. The Labute approximate surface area is 203 Å². The standard InChI is InChI=1S/C26H31NO4S2/c1-17-9-8-10-22(31-16-19-11-12-21(29-6)23(13-19)30-7)25(17)24-14-20(18(2)32-24)15-27-33(28)26(3,4)5/h8-15H,16H2,1-7H3. The minimum absolute atomic E-state index is 0.385. The SMILES string of the molecule is COc1ccc(COc2cccc(C)c2-c2cc(C=NS(=O)C(C)(C)C)c(C)s2)cc1OC. The predicted octanol–water partition coefficient (Wildman–Crippen LogP) is 6.51. The van der Waals surface area contributed by atoms with Crippen LogP contribution in [0.2, 0.25) is 0 Å². The lowest BCUT2D eigenvalue weighted by Gasteiger charge is -2.14. The average molecular weight is 486 g/mol. The van der Waals surface area contributed by atoms with Gasteiger partial charge in [0.05, 0.1) is 19.0 Å². The summed E-state index contributed by atoms with van der Waals surface area (Å²) in [6.45, 7) is 10.3. The Morgan fingerprint density at radius 3 is 2.39 bits per heavy atom. The van der Waals surface area contributed by atoms with Crippen molar-refractivity contribution in [1.29, 1.82) is 0 Å². The van der Waals surface area contributed by atoms with Gasteiger partial charge in [0.2, 0.25) is 0 Å². The lowest BCUT2D eigenvalue weighted by Crippen LogP contribution is -2.19. The summed E-state index contributed by atoms with van der Waals surface area (Å²) in [5.74, 6) is 2.18. The molecule has 7 heteroatoms. The van der Waals surface area contributed by atoms with Crippen molar-refractivity contribution in [2.45, 2.75) is 46.0 Å². The summed E-state index contributed by atoms with van der Waals surface area (Å²) in [5.41, 5.74) is 4.15. The molecular formula is C26H31NO4S2. The van der Waals surface area contributed by atoms with Gasteiger partial charge < -0.3 is 14.2 Å². The van der Waals surface area contributed by atoms with Crippen molar-refractivity contribution in [3.05, 3.63) is 64.0 Å². The molecule has 0 bridgehead atoms. The van der Waals surface area contributed by atoms with Gasteiger partial charge in [0.15, 0.2) is 11.5 Å². The van der Waals surface area contributed by atoms with Gasteiger partial charge in [0.25, 0.3) is 0 Å². The second-order valence-corrected chi connectivity index (χ2v) is 11.8. The summed E-state index contributed by atoms with van der Waals surface area (Å²) in [5, 5.41) is 0. The Balaban J connectivity index is 1.87. The molecule has 0 amide bonds. The second-order valence-electron chi connectivity index (χ2n) is 8.64. The van der Waals surface area contributed by atoms with Gasteiger partial charge in [-0.05, 0) is 70.0 Å². The van der Waals surface area contributed by atoms with Crippen LogP contribution in [0.4, 0.5) is 0 Å². The highest BCUT2D eigenvalue weighted by Gasteiger charge is 2.19. The zero-order valence-corrected chi connectivity index (χ0v) is 21.9. The summed E-state index contributed by atoms with van der Waals surface area (Å²) < 4.78 is 33.2. The van der Waals surface area contributed by atoms with Crippen molar-refractivity contribution >= 4 is 28.5 Å². The topological polar surface area (TPSA) is 57.1 Å². The molecule has 1 unspecified atom stereocenters. The van der Waals surface area contributed by atoms with Gasteiger partial charge in [0, 0.05) is 27.1 Å². The summed E-state index contributed by atoms with van der Waals surface area (Å²) in [4.78, 5) is 2.21. The van der Waals surface area contributed by atoms with Crippen LogP contribution in [0.5, 0.6) is 17.2 Å². The van der Waals surface area contributed by atoms with E-state index in [0.29, 0.717) is 18.1 Å². The number of benzene rings is 2.